The molecule has 0 bridgehead atoms. The molecular formula is C21H17ClN4O2. The van der Waals surface area contributed by atoms with Gasteiger partial charge in [0.15, 0.2) is 0 Å². The Morgan fingerprint density at radius 3 is 2.75 bits per heavy atom. The maximum Gasteiger partial charge on any atom is 0.240 e. The Labute approximate surface area is 166 Å². The Bertz CT molecular complexity index is 1180. The standard InChI is InChI=1S/C21H17ClN4O2/c1-11-6-7-12(2)16(8-11)26-19-14(10-23-26)21(9-17(27)24-19)13-4-3-5-15(22)18(13)25-20(21)28/h3-8,10H,9H2,1-2H3,(H,24,27)(H,25,28). The van der Waals surface area contributed by atoms with E-state index >= 15 is 0 Å². The van der Waals surface area contributed by atoms with E-state index in [1.165, 1.54) is 0 Å². The fourth-order valence-electron chi connectivity index (χ4n) is 4.22. The third-order valence-electron chi connectivity index (χ3n) is 5.60. The monoisotopic (exact) mass is 392 g/mol. The molecule has 1 aromatic heterocycles. The van der Waals surface area contributed by atoms with Crippen LogP contribution in [0.15, 0.2) is 42.6 Å². The van der Waals surface area contributed by atoms with E-state index < -0.39 is 5.41 Å². The number of aromatic nitrogens is 2. The topological polar surface area (TPSA) is 76.0 Å². The van der Waals surface area contributed by atoms with Crippen molar-refractivity contribution in [1.82, 2.24) is 9.78 Å². The van der Waals surface area contributed by atoms with Crippen LogP contribution in [0.4, 0.5) is 11.5 Å². The highest BCUT2D eigenvalue weighted by Gasteiger charge is 2.54. The highest BCUT2D eigenvalue weighted by Crippen LogP contribution is 2.51. The molecule has 5 rings (SSSR count). The van der Waals surface area contributed by atoms with Gasteiger partial charge in [-0.05, 0) is 42.7 Å². The van der Waals surface area contributed by atoms with Crippen LogP contribution in [-0.2, 0) is 15.0 Å². The van der Waals surface area contributed by atoms with Crippen molar-refractivity contribution in [3.8, 4) is 5.69 Å². The first kappa shape index (κ1) is 17.0. The number of rotatable bonds is 1. The summed E-state index contributed by atoms with van der Waals surface area (Å²) in [6.45, 7) is 3.99. The summed E-state index contributed by atoms with van der Waals surface area (Å²) in [4.78, 5) is 25.8. The first-order chi connectivity index (χ1) is 13.4. The molecule has 3 aromatic rings. The summed E-state index contributed by atoms with van der Waals surface area (Å²) in [5, 5.41) is 10.8. The summed E-state index contributed by atoms with van der Waals surface area (Å²) in [5.74, 6) is 0.0303. The molecule has 2 aliphatic heterocycles. The summed E-state index contributed by atoms with van der Waals surface area (Å²) in [6, 6.07) is 11.4. The Morgan fingerprint density at radius 1 is 1.11 bits per heavy atom. The largest absolute Gasteiger partial charge is 0.323 e. The molecule has 140 valence electrons. The summed E-state index contributed by atoms with van der Waals surface area (Å²) >= 11 is 6.30. The first-order valence-electron chi connectivity index (χ1n) is 8.98. The minimum absolute atomic E-state index is 0.0116. The summed E-state index contributed by atoms with van der Waals surface area (Å²) < 4.78 is 1.70. The van der Waals surface area contributed by atoms with Gasteiger partial charge >= 0.3 is 0 Å². The predicted octanol–water partition coefficient (Wildman–Crippen LogP) is 3.72. The molecule has 0 fully saturated rings. The highest BCUT2D eigenvalue weighted by molar-refractivity contribution is 6.35. The Balaban J connectivity index is 1.79. The van der Waals surface area contributed by atoms with Crippen LogP contribution in [-0.4, -0.2) is 21.6 Å². The van der Waals surface area contributed by atoms with Crippen molar-refractivity contribution in [3.63, 3.8) is 0 Å². The second kappa shape index (κ2) is 5.69. The lowest BCUT2D eigenvalue weighted by molar-refractivity contribution is -0.125. The minimum atomic E-state index is -1.13. The number of carbonyl (C=O) groups is 2. The Morgan fingerprint density at radius 2 is 1.93 bits per heavy atom. The molecule has 0 aliphatic carbocycles. The number of nitrogens with one attached hydrogen (secondary N) is 2. The van der Waals surface area contributed by atoms with Crippen molar-refractivity contribution in [1.29, 1.82) is 0 Å². The lowest BCUT2D eigenvalue weighted by atomic mass is 9.72. The van der Waals surface area contributed by atoms with Gasteiger partial charge in [-0.15, -0.1) is 0 Å². The van der Waals surface area contributed by atoms with Crippen molar-refractivity contribution >= 4 is 34.9 Å². The van der Waals surface area contributed by atoms with E-state index in [-0.39, 0.29) is 18.2 Å². The van der Waals surface area contributed by atoms with Gasteiger partial charge in [0.25, 0.3) is 0 Å². The summed E-state index contributed by atoms with van der Waals surface area (Å²) in [7, 11) is 0. The number of nitrogens with zero attached hydrogens (tertiary/aromatic N) is 2. The van der Waals surface area contributed by atoms with Gasteiger partial charge in [0, 0.05) is 12.0 Å². The zero-order chi connectivity index (χ0) is 19.6. The number of para-hydroxylation sites is 1. The Hall–Kier alpha value is -3.12. The molecule has 3 heterocycles. The van der Waals surface area contributed by atoms with Crippen molar-refractivity contribution in [3.05, 3.63) is 69.9 Å². The number of hydrogen-bond donors (Lipinski definition) is 2. The van der Waals surface area contributed by atoms with Gasteiger partial charge < -0.3 is 10.6 Å². The van der Waals surface area contributed by atoms with Crippen LogP contribution < -0.4 is 10.6 Å². The quantitative estimate of drug-likeness (QED) is 0.662. The van der Waals surface area contributed by atoms with Crippen LogP contribution in [0, 0.1) is 13.8 Å². The molecule has 28 heavy (non-hydrogen) atoms. The smallest absolute Gasteiger partial charge is 0.240 e. The van der Waals surface area contributed by atoms with E-state index in [0.717, 1.165) is 16.8 Å². The highest BCUT2D eigenvalue weighted by atomic mass is 35.5. The molecule has 2 aliphatic rings. The zero-order valence-electron chi connectivity index (χ0n) is 15.3. The van der Waals surface area contributed by atoms with E-state index in [2.05, 4.69) is 15.7 Å². The van der Waals surface area contributed by atoms with Crippen LogP contribution in [0.2, 0.25) is 5.02 Å². The molecule has 0 saturated carbocycles. The molecule has 6 nitrogen and oxygen atoms in total. The van der Waals surface area contributed by atoms with E-state index in [1.54, 1.807) is 23.0 Å². The van der Waals surface area contributed by atoms with Crippen LogP contribution in [0.25, 0.3) is 5.69 Å². The number of hydrogen-bond acceptors (Lipinski definition) is 3. The number of aryl methyl sites for hydroxylation is 2. The Kier molecular flexibility index (Phi) is 3.46. The summed E-state index contributed by atoms with van der Waals surface area (Å²) in [5.41, 5.74) is 3.78. The molecule has 0 saturated heterocycles. The lowest BCUT2D eigenvalue weighted by Gasteiger charge is -2.31. The first-order valence-corrected chi connectivity index (χ1v) is 9.36. The van der Waals surface area contributed by atoms with Gasteiger partial charge in [-0.2, -0.15) is 5.10 Å². The van der Waals surface area contributed by atoms with Crippen molar-refractivity contribution < 1.29 is 9.59 Å². The van der Waals surface area contributed by atoms with Gasteiger partial charge in [-0.25, -0.2) is 4.68 Å². The maximum absolute atomic E-state index is 13.1. The average molecular weight is 393 g/mol. The van der Waals surface area contributed by atoms with Crippen LogP contribution in [0.3, 0.4) is 0 Å². The number of fused-ring (bicyclic) bond motifs is 4. The molecule has 7 heteroatoms. The molecule has 0 radical (unpaired) electrons. The lowest BCUT2D eigenvalue weighted by Crippen LogP contribution is -2.43. The second-order valence-corrected chi connectivity index (χ2v) is 7.76. The number of halogens is 1. The fourth-order valence-corrected chi connectivity index (χ4v) is 4.44. The van der Waals surface area contributed by atoms with E-state index in [4.69, 9.17) is 11.6 Å². The molecular weight excluding hydrogens is 376 g/mol. The third-order valence-corrected chi connectivity index (χ3v) is 5.92. The van der Waals surface area contributed by atoms with Crippen LogP contribution >= 0.6 is 11.6 Å². The van der Waals surface area contributed by atoms with Crippen LogP contribution in [0.5, 0.6) is 0 Å². The number of amides is 2. The zero-order valence-corrected chi connectivity index (χ0v) is 16.1. The molecule has 1 spiro atoms. The third kappa shape index (κ3) is 2.12. The average Bonchev–Trinajstić information content (AvgIpc) is 3.19. The molecule has 2 amide bonds. The van der Waals surface area contributed by atoms with E-state index in [9.17, 15) is 9.59 Å². The molecule has 2 aromatic carbocycles. The van der Waals surface area contributed by atoms with Gasteiger partial charge in [0.1, 0.15) is 11.2 Å². The number of benzene rings is 2. The van der Waals surface area contributed by atoms with Gasteiger partial charge in [0.05, 0.1) is 22.6 Å². The fraction of sp³-hybridized carbons (Fsp3) is 0.190. The van der Waals surface area contributed by atoms with Gasteiger partial charge in [-0.1, -0.05) is 35.9 Å². The van der Waals surface area contributed by atoms with Crippen molar-refractivity contribution in [2.75, 3.05) is 10.6 Å². The predicted molar refractivity (Wildman–Crippen MR) is 107 cm³/mol. The molecule has 1 unspecified atom stereocenters. The van der Waals surface area contributed by atoms with E-state index in [1.807, 2.05) is 38.1 Å². The number of anilines is 2. The summed E-state index contributed by atoms with van der Waals surface area (Å²) in [6.07, 6.45) is 1.68. The normalized spacial score (nSPS) is 20.0. The van der Waals surface area contributed by atoms with Crippen molar-refractivity contribution in [2.24, 2.45) is 0 Å². The van der Waals surface area contributed by atoms with Crippen LogP contribution in [0.1, 0.15) is 28.7 Å². The SMILES string of the molecule is Cc1ccc(C)c(-n2ncc3c2NC(=O)CC32C(=O)Nc3c(Cl)cccc32)c1. The molecule has 1 atom stereocenters. The van der Waals surface area contributed by atoms with Gasteiger partial charge in [0.2, 0.25) is 11.8 Å². The van der Waals surface area contributed by atoms with Gasteiger partial charge in [-0.3, -0.25) is 9.59 Å². The minimum Gasteiger partial charge on any atom is -0.323 e. The second-order valence-electron chi connectivity index (χ2n) is 7.36. The van der Waals surface area contributed by atoms with Crippen molar-refractivity contribution in [2.45, 2.75) is 25.7 Å². The molecule has 2 N–H and O–H groups in total. The number of carbonyl (C=O) groups excluding carboxylic acids is 2. The maximum atomic E-state index is 13.1. The van der Waals surface area contributed by atoms with E-state index in [0.29, 0.717) is 27.7 Å².